The predicted molar refractivity (Wildman–Crippen MR) is 54.8 cm³/mol. The zero-order valence-corrected chi connectivity index (χ0v) is 8.69. The first-order valence-electron chi connectivity index (χ1n) is 5.43. The Morgan fingerprint density at radius 2 is 2.43 bits per heavy atom. The van der Waals surface area contributed by atoms with E-state index < -0.39 is 0 Å². The van der Waals surface area contributed by atoms with Gasteiger partial charge < -0.3 is 9.67 Å². The molecule has 0 radical (unpaired) electrons. The zero-order chi connectivity index (χ0) is 9.97. The summed E-state index contributed by atoms with van der Waals surface area (Å²) in [5.74, 6) is 0.828. The van der Waals surface area contributed by atoms with Gasteiger partial charge in [-0.1, -0.05) is 19.8 Å². The molecule has 0 aliphatic heterocycles. The van der Waals surface area contributed by atoms with Gasteiger partial charge in [0.25, 0.3) is 0 Å². The number of hydrogen-bond donors (Lipinski definition) is 1. The summed E-state index contributed by atoms with van der Waals surface area (Å²) in [5.41, 5.74) is 0.781. The topological polar surface area (TPSA) is 38.0 Å². The fourth-order valence-electron chi connectivity index (χ4n) is 2.33. The van der Waals surface area contributed by atoms with Crippen molar-refractivity contribution in [2.24, 2.45) is 5.92 Å². The van der Waals surface area contributed by atoms with E-state index in [0.717, 1.165) is 11.6 Å². The predicted octanol–water partition coefficient (Wildman–Crippen LogP) is 2.13. The molecule has 14 heavy (non-hydrogen) atoms. The van der Waals surface area contributed by atoms with Gasteiger partial charge in [-0.25, -0.2) is 4.98 Å². The number of aliphatic hydroxyl groups is 1. The van der Waals surface area contributed by atoms with Crippen LogP contribution >= 0.6 is 0 Å². The fraction of sp³-hybridized carbons (Fsp3) is 0.727. The van der Waals surface area contributed by atoms with Crippen LogP contribution in [0.2, 0.25) is 0 Å². The summed E-state index contributed by atoms with van der Waals surface area (Å²) in [6, 6.07) is 0.603. The highest BCUT2D eigenvalue weighted by Gasteiger charge is 2.20. The summed E-state index contributed by atoms with van der Waals surface area (Å²) in [4.78, 5) is 4.15. The van der Waals surface area contributed by atoms with Gasteiger partial charge in [0, 0.05) is 12.2 Å². The number of aliphatic hydroxyl groups excluding tert-OH is 1. The van der Waals surface area contributed by atoms with Crippen LogP contribution < -0.4 is 0 Å². The lowest BCUT2D eigenvalue weighted by Crippen LogP contribution is -2.16. The number of imidazole rings is 1. The minimum Gasteiger partial charge on any atom is -0.390 e. The molecule has 0 saturated heterocycles. The van der Waals surface area contributed by atoms with Crippen molar-refractivity contribution < 1.29 is 5.11 Å². The number of aromatic nitrogens is 2. The fourth-order valence-corrected chi connectivity index (χ4v) is 2.33. The standard InChI is InChI=1S/C11H18N2O/c1-9-3-2-4-11(5-9)13-6-10(7-14)12-8-13/h6,8-9,11,14H,2-5,7H2,1H3. The first-order valence-corrected chi connectivity index (χ1v) is 5.43. The van der Waals surface area contributed by atoms with Crippen LogP contribution in [0.15, 0.2) is 12.5 Å². The van der Waals surface area contributed by atoms with E-state index >= 15 is 0 Å². The summed E-state index contributed by atoms with van der Waals surface area (Å²) >= 11 is 0. The van der Waals surface area contributed by atoms with E-state index in [4.69, 9.17) is 5.11 Å². The quantitative estimate of drug-likeness (QED) is 0.783. The van der Waals surface area contributed by atoms with Crippen molar-refractivity contribution in [3.8, 4) is 0 Å². The Kier molecular flexibility index (Phi) is 2.87. The van der Waals surface area contributed by atoms with Crippen molar-refractivity contribution in [3.05, 3.63) is 18.2 Å². The van der Waals surface area contributed by atoms with Gasteiger partial charge in [0.2, 0.25) is 0 Å². The molecule has 0 amide bonds. The van der Waals surface area contributed by atoms with Crippen molar-refractivity contribution in [1.29, 1.82) is 0 Å². The maximum absolute atomic E-state index is 8.93. The summed E-state index contributed by atoms with van der Waals surface area (Å²) in [7, 11) is 0. The van der Waals surface area contributed by atoms with Crippen LogP contribution in [0, 0.1) is 5.92 Å². The van der Waals surface area contributed by atoms with Crippen LogP contribution in [-0.2, 0) is 6.61 Å². The van der Waals surface area contributed by atoms with Crippen LogP contribution in [-0.4, -0.2) is 14.7 Å². The Balaban J connectivity index is 2.06. The van der Waals surface area contributed by atoms with Gasteiger partial charge in [-0.05, 0) is 18.8 Å². The van der Waals surface area contributed by atoms with Crippen molar-refractivity contribution in [2.75, 3.05) is 0 Å². The molecule has 1 fully saturated rings. The van der Waals surface area contributed by atoms with E-state index in [-0.39, 0.29) is 6.61 Å². The SMILES string of the molecule is CC1CCCC(n2cnc(CO)c2)C1. The zero-order valence-electron chi connectivity index (χ0n) is 8.69. The van der Waals surface area contributed by atoms with Gasteiger partial charge in [0.1, 0.15) is 0 Å². The first-order chi connectivity index (χ1) is 6.79. The third-order valence-electron chi connectivity index (χ3n) is 3.15. The molecule has 1 aliphatic rings. The second-order valence-electron chi connectivity index (χ2n) is 4.40. The monoisotopic (exact) mass is 194 g/mol. The maximum Gasteiger partial charge on any atom is 0.0953 e. The Labute approximate surface area is 84.8 Å². The van der Waals surface area contributed by atoms with E-state index in [1.54, 1.807) is 0 Å². The van der Waals surface area contributed by atoms with Crippen molar-refractivity contribution in [2.45, 2.75) is 45.3 Å². The molecule has 0 aromatic carbocycles. The van der Waals surface area contributed by atoms with Gasteiger partial charge >= 0.3 is 0 Å². The van der Waals surface area contributed by atoms with Gasteiger partial charge in [-0.15, -0.1) is 0 Å². The number of nitrogens with zero attached hydrogens (tertiary/aromatic N) is 2. The molecule has 1 N–H and O–H groups in total. The summed E-state index contributed by atoms with van der Waals surface area (Å²) < 4.78 is 2.17. The van der Waals surface area contributed by atoms with Gasteiger partial charge in [0.15, 0.2) is 0 Å². The first kappa shape index (κ1) is 9.71. The molecule has 1 aromatic rings. The minimum absolute atomic E-state index is 0.0509. The van der Waals surface area contributed by atoms with Gasteiger partial charge in [-0.2, -0.15) is 0 Å². The molecule has 0 spiro atoms. The smallest absolute Gasteiger partial charge is 0.0953 e. The van der Waals surface area contributed by atoms with E-state index in [9.17, 15) is 0 Å². The molecule has 3 heteroatoms. The maximum atomic E-state index is 8.93. The molecule has 2 rings (SSSR count). The van der Waals surface area contributed by atoms with Crippen LogP contribution in [0.4, 0.5) is 0 Å². The number of rotatable bonds is 2. The highest BCUT2D eigenvalue weighted by molar-refractivity contribution is 4.96. The Hall–Kier alpha value is -0.830. The molecule has 1 saturated carbocycles. The summed E-state index contributed by atoms with van der Waals surface area (Å²) in [6.45, 7) is 2.37. The van der Waals surface area contributed by atoms with Crippen LogP contribution in [0.25, 0.3) is 0 Å². The molecule has 78 valence electrons. The lowest BCUT2D eigenvalue weighted by atomic mass is 9.87. The molecule has 2 atom stereocenters. The Morgan fingerprint density at radius 3 is 3.07 bits per heavy atom. The van der Waals surface area contributed by atoms with Crippen LogP contribution in [0.5, 0.6) is 0 Å². The van der Waals surface area contributed by atoms with E-state index in [0.29, 0.717) is 6.04 Å². The van der Waals surface area contributed by atoms with Crippen molar-refractivity contribution in [1.82, 2.24) is 9.55 Å². The van der Waals surface area contributed by atoms with E-state index in [2.05, 4.69) is 16.5 Å². The Bertz CT molecular complexity index is 295. The average Bonchev–Trinajstić information content (AvgIpc) is 2.66. The third kappa shape index (κ3) is 1.98. The molecule has 1 aromatic heterocycles. The molecular formula is C11H18N2O. The van der Waals surface area contributed by atoms with Crippen molar-refractivity contribution >= 4 is 0 Å². The third-order valence-corrected chi connectivity index (χ3v) is 3.15. The Morgan fingerprint density at radius 1 is 1.57 bits per heavy atom. The second kappa shape index (κ2) is 4.13. The lowest BCUT2D eigenvalue weighted by molar-refractivity contribution is 0.273. The lowest BCUT2D eigenvalue weighted by Gasteiger charge is -2.27. The minimum atomic E-state index is 0.0509. The van der Waals surface area contributed by atoms with Gasteiger partial charge in [-0.3, -0.25) is 0 Å². The summed E-state index contributed by atoms with van der Waals surface area (Å²) in [6.07, 6.45) is 9.01. The van der Waals surface area contributed by atoms with E-state index in [1.807, 2.05) is 12.5 Å². The number of hydrogen-bond acceptors (Lipinski definition) is 2. The van der Waals surface area contributed by atoms with Gasteiger partial charge in [0.05, 0.1) is 18.6 Å². The van der Waals surface area contributed by atoms with Crippen LogP contribution in [0.3, 0.4) is 0 Å². The highest BCUT2D eigenvalue weighted by Crippen LogP contribution is 2.31. The van der Waals surface area contributed by atoms with Crippen molar-refractivity contribution in [3.63, 3.8) is 0 Å². The van der Waals surface area contributed by atoms with E-state index in [1.165, 1.54) is 25.7 Å². The average molecular weight is 194 g/mol. The normalized spacial score (nSPS) is 27.9. The molecule has 0 bridgehead atoms. The molecule has 1 aliphatic carbocycles. The molecule has 3 nitrogen and oxygen atoms in total. The molecule has 1 heterocycles. The second-order valence-corrected chi connectivity index (χ2v) is 4.40. The molecule has 2 unspecified atom stereocenters. The summed E-state index contributed by atoms with van der Waals surface area (Å²) in [5, 5.41) is 8.93. The largest absolute Gasteiger partial charge is 0.390 e. The molecular weight excluding hydrogens is 176 g/mol. The highest BCUT2D eigenvalue weighted by atomic mass is 16.3. The van der Waals surface area contributed by atoms with Crippen LogP contribution in [0.1, 0.15) is 44.3 Å².